The second-order valence-corrected chi connectivity index (χ2v) is 10.6. The number of nitrogens with one attached hydrogen (secondary N) is 1. The molecule has 0 saturated carbocycles. The molecule has 11 heteroatoms. The van der Waals surface area contributed by atoms with Gasteiger partial charge in [-0.15, -0.1) is 5.10 Å². The van der Waals surface area contributed by atoms with Crippen molar-refractivity contribution in [3.63, 3.8) is 0 Å². The second-order valence-electron chi connectivity index (χ2n) is 10.6. The first kappa shape index (κ1) is 29.6. The van der Waals surface area contributed by atoms with Crippen LogP contribution in [0.2, 0.25) is 0 Å². The molecule has 1 amide bonds. The number of nitrogens with zero attached hydrogens (tertiary/aromatic N) is 4. The Morgan fingerprint density at radius 1 is 0.927 bits per heavy atom. The van der Waals surface area contributed by atoms with E-state index < -0.39 is 18.8 Å². The first-order valence-corrected chi connectivity index (χ1v) is 13.0. The molecule has 8 nitrogen and oxygen atoms in total. The van der Waals surface area contributed by atoms with Crippen LogP contribution < -0.4 is 14.8 Å². The van der Waals surface area contributed by atoms with Crippen LogP contribution in [0.15, 0.2) is 73.1 Å². The Labute approximate surface area is 236 Å². The highest BCUT2D eigenvalue weighted by molar-refractivity contribution is 5.79. The normalized spacial score (nSPS) is 12.6. The molecule has 216 valence electrons. The molecule has 0 fully saturated rings. The Bertz CT molecular complexity index is 1430. The molecule has 0 aliphatic rings. The highest BCUT2D eigenvalue weighted by Gasteiger charge is 2.29. The number of rotatable bonds is 10. The molecule has 4 aromatic rings. The molecule has 2 heterocycles. The molecular formula is C30H32F3N5O3. The van der Waals surface area contributed by atoms with E-state index in [4.69, 9.17) is 9.47 Å². The van der Waals surface area contributed by atoms with Crippen LogP contribution in [0, 0.1) is 0 Å². The smallest absolute Gasteiger partial charge is 0.422 e. The van der Waals surface area contributed by atoms with E-state index in [1.807, 2.05) is 48.5 Å². The number of carbonyl (C=O) groups excluding carboxylic acids is 1. The van der Waals surface area contributed by atoms with Crippen molar-refractivity contribution in [3.8, 4) is 11.5 Å². The summed E-state index contributed by atoms with van der Waals surface area (Å²) in [6, 6.07) is 17.4. The first-order chi connectivity index (χ1) is 19.4. The number of ether oxygens (including phenoxy) is 2. The van der Waals surface area contributed by atoms with Crippen molar-refractivity contribution in [2.45, 2.75) is 51.4 Å². The molecule has 41 heavy (non-hydrogen) atoms. The van der Waals surface area contributed by atoms with Crippen molar-refractivity contribution in [2.24, 2.45) is 0 Å². The van der Waals surface area contributed by atoms with Gasteiger partial charge in [-0.3, -0.25) is 9.78 Å². The van der Waals surface area contributed by atoms with E-state index in [1.165, 1.54) is 18.3 Å². The SMILES string of the molecule is COc1ccc(Cn2cc([C@@H](NC(=O)Cc3ccc(C(C)(C)C)cc3)c3ccc(OCC(F)(F)F)cn3)nn2)cc1. The lowest BCUT2D eigenvalue weighted by atomic mass is 9.86. The Morgan fingerprint density at radius 2 is 1.59 bits per heavy atom. The van der Waals surface area contributed by atoms with Crippen molar-refractivity contribution >= 4 is 5.91 Å². The molecule has 0 spiro atoms. The molecule has 4 rings (SSSR count). The van der Waals surface area contributed by atoms with E-state index in [1.54, 1.807) is 18.0 Å². The van der Waals surface area contributed by atoms with Crippen molar-refractivity contribution < 1.29 is 27.4 Å². The third-order valence-electron chi connectivity index (χ3n) is 6.30. The molecule has 1 atom stereocenters. The van der Waals surface area contributed by atoms with Crippen LogP contribution in [-0.4, -0.2) is 45.8 Å². The van der Waals surface area contributed by atoms with E-state index in [9.17, 15) is 18.0 Å². The number of pyridine rings is 1. The fourth-order valence-corrected chi connectivity index (χ4v) is 4.07. The van der Waals surface area contributed by atoms with Gasteiger partial charge in [-0.05, 0) is 46.4 Å². The predicted octanol–water partition coefficient (Wildman–Crippen LogP) is 5.42. The zero-order valence-corrected chi connectivity index (χ0v) is 23.3. The maximum atomic E-state index is 13.1. The summed E-state index contributed by atoms with van der Waals surface area (Å²) in [4.78, 5) is 17.4. The second kappa shape index (κ2) is 12.4. The number of carbonyl (C=O) groups is 1. The monoisotopic (exact) mass is 567 g/mol. The van der Waals surface area contributed by atoms with Gasteiger partial charge in [0.25, 0.3) is 0 Å². The number of methoxy groups -OCH3 is 1. The fourth-order valence-electron chi connectivity index (χ4n) is 4.07. The average molecular weight is 568 g/mol. The van der Waals surface area contributed by atoms with Crippen LogP contribution in [0.1, 0.15) is 54.9 Å². The topological polar surface area (TPSA) is 91.2 Å². The Kier molecular flexibility index (Phi) is 8.95. The zero-order chi connectivity index (χ0) is 29.6. The summed E-state index contributed by atoms with van der Waals surface area (Å²) >= 11 is 0. The third-order valence-corrected chi connectivity index (χ3v) is 6.30. The maximum Gasteiger partial charge on any atom is 0.422 e. The number of amides is 1. The van der Waals surface area contributed by atoms with Crippen molar-refractivity contribution in [1.29, 1.82) is 0 Å². The van der Waals surface area contributed by atoms with Crippen LogP contribution in [0.3, 0.4) is 0 Å². The van der Waals surface area contributed by atoms with Gasteiger partial charge in [0.05, 0.1) is 38.2 Å². The zero-order valence-electron chi connectivity index (χ0n) is 23.3. The van der Waals surface area contributed by atoms with Crippen molar-refractivity contribution in [2.75, 3.05) is 13.7 Å². The van der Waals surface area contributed by atoms with E-state index in [0.29, 0.717) is 17.9 Å². The average Bonchev–Trinajstić information content (AvgIpc) is 3.39. The van der Waals surface area contributed by atoms with Gasteiger partial charge in [-0.1, -0.05) is 62.4 Å². The highest BCUT2D eigenvalue weighted by Crippen LogP contribution is 2.24. The van der Waals surface area contributed by atoms with Crippen LogP contribution in [0.4, 0.5) is 13.2 Å². The lowest BCUT2D eigenvalue weighted by molar-refractivity contribution is -0.153. The van der Waals surface area contributed by atoms with Gasteiger partial charge in [-0.25, -0.2) is 4.68 Å². The maximum absolute atomic E-state index is 13.1. The summed E-state index contributed by atoms with van der Waals surface area (Å²) in [5.41, 5.74) is 3.74. The molecular weight excluding hydrogens is 535 g/mol. The Morgan fingerprint density at radius 3 is 2.17 bits per heavy atom. The highest BCUT2D eigenvalue weighted by atomic mass is 19.4. The van der Waals surface area contributed by atoms with Gasteiger partial charge in [-0.2, -0.15) is 13.2 Å². The minimum Gasteiger partial charge on any atom is -0.497 e. The molecule has 0 bridgehead atoms. The number of benzene rings is 2. The molecule has 2 aromatic carbocycles. The van der Waals surface area contributed by atoms with E-state index >= 15 is 0 Å². The Hall–Kier alpha value is -4.41. The number of halogens is 3. The van der Waals surface area contributed by atoms with Crippen molar-refractivity contribution in [3.05, 3.63) is 101 Å². The lowest BCUT2D eigenvalue weighted by Crippen LogP contribution is -2.31. The Balaban J connectivity index is 1.53. The summed E-state index contributed by atoms with van der Waals surface area (Å²) in [6.45, 7) is 5.35. The molecule has 0 aliphatic carbocycles. The standard InChI is InChI=1S/C30H32F3N5O3/c1-29(2,3)22-9-5-20(6-10-22)15-27(39)35-28(25-14-13-24(16-34-25)41-19-30(31,32)33)26-18-38(37-36-26)17-21-7-11-23(40-4)12-8-21/h5-14,16,18,28H,15,17,19H2,1-4H3,(H,35,39)/t28-/m0/s1. The summed E-state index contributed by atoms with van der Waals surface area (Å²) in [6.07, 6.45) is -1.47. The minimum atomic E-state index is -4.47. The number of aromatic nitrogens is 4. The van der Waals surface area contributed by atoms with Gasteiger partial charge in [0, 0.05) is 0 Å². The molecule has 2 aromatic heterocycles. The third kappa shape index (κ3) is 8.54. The van der Waals surface area contributed by atoms with E-state index in [0.717, 1.165) is 22.4 Å². The molecule has 0 unspecified atom stereocenters. The number of alkyl halides is 3. The summed E-state index contributed by atoms with van der Waals surface area (Å²) in [5.74, 6) is 0.415. The van der Waals surface area contributed by atoms with Crippen LogP contribution in [0.5, 0.6) is 11.5 Å². The quantitative estimate of drug-likeness (QED) is 0.275. The van der Waals surface area contributed by atoms with Crippen LogP contribution in [-0.2, 0) is 23.2 Å². The molecule has 0 radical (unpaired) electrons. The summed E-state index contributed by atoms with van der Waals surface area (Å²) in [7, 11) is 1.59. The van der Waals surface area contributed by atoms with E-state index in [-0.39, 0.29) is 23.5 Å². The summed E-state index contributed by atoms with van der Waals surface area (Å²) < 4.78 is 49.3. The molecule has 0 aliphatic heterocycles. The lowest BCUT2D eigenvalue weighted by Gasteiger charge is -2.19. The van der Waals surface area contributed by atoms with Gasteiger partial charge in [0.15, 0.2) is 6.61 Å². The first-order valence-electron chi connectivity index (χ1n) is 13.0. The van der Waals surface area contributed by atoms with Crippen LogP contribution >= 0.6 is 0 Å². The number of hydrogen-bond acceptors (Lipinski definition) is 6. The largest absolute Gasteiger partial charge is 0.497 e. The molecule has 0 saturated heterocycles. The minimum absolute atomic E-state index is 0.00876. The molecule has 1 N–H and O–H groups in total. The van der Waals surface area contributed by atoms with Gasteiger partial charge >= 0.3 is 6.18 Å². The van der Waals surface area contributed by atoms with Crippen LogP contribution in [0.25, 0.3) is 0 Å². The van der Waals surface area contributed by atoms with Gasteiger partial charge < -0.3 is 14.8 Å². The summed E-state index contributed by atoms with van der Waals surface area (Å²) in [5, 5.41) is 11.4. The van der Waals surface area contributed by atoms with Gasteiger partial charge in [0.2, 0.25) is 5.91 Å². The van der Waals surface area contributed by atoms with E-state index in [2.05, 4.69) is 41.4 Å². The fraction of sp³-hybridized carbons (Fsp3) is 0.333. The van der Waals surface area contributed by atoms with Gasteiger partial charge in [0.1, 0.15) is 23.2 Å². The predicted molar refractivity (Wildman–Crippen MR) is 147 cm³/mol. The van der Waals surface area contributed by atoms with Crippen molar-refractivity contribution in [1.82, 2.24) is 25.3 Å². The number of hydrogen-bond donors (Lipinski definition) is 1.